The molecular weight excluding hydrogens is 617 g/mol. The zero-order valence-corrected chi connectivity index (χ0v) is 26.7. The summed E-state index contributed by atoms with van der Waals surface area (Å²) in [6, 6.07) is 18.1. The molecule has 1 aliphatic rings. The number of carbonyl (C=O) groups is 2. The van der Waals surface area contributed by atoms with Gasteiger partial charge in [-0.15, -0.1) is 18.3 Å². The number of amidine groups is 1. The number of carbonyl (C=O) groups excluding carboxylic acids is 2. The summed E-state index contributed by atoms with van der Waals surface area (Å²) >= 11 is 1.25. The Balaban J connectivity index is 1.24. The Hall–Kier alpha value is -4.65. The van der Waals surface area contributed by atoms with Crippen molar-refractivity contribution in [2.45, 2.75) is 58.9 Å². The van der Waals surface area contributed by atoms with Crippen LogP contribution in [0.4, 0.5) is 23.7 Å². The number of aryl methyl sites for hydroxylation is 1. The monoisotopic (exact) mass is 650 g/mol. The zero-order chi connectivity index (χ0) is 33.2. The van der Waals surface area contributed by atoms with Gasteiger partial charge in [0.2, 0.25) is 5.91 Å². The molecule has 1 saturated heterocycles. The summed E-state index contributed by atoms with van der Waals surface area (Å²) in [6.45, 7) is 9.98. The number of rotatable bonds is 8. The summed E-state index contributed by atoms with van der Waals surface area (Å²) in [6.07, 6.45) is -3.29. The highest BCUT2D eigenvalue weighted by molar-refractivity contribution is 8.15. The average Bonchev–Trinajstić information content (AvgIpc) is 3.63. The minimum absolute atomic E-state index is 0.0700. The van der Waals surface area contributed by atoms with E-state index in [2.05, 4.69) is 39.0 Å². The fourth-order valence-electron chi connectivity index (χ4n) is 5.00. The van der Waals surface area contributed by atoms with Gasteiger partial charge in [-0.2, -0.15) is 4.99 Å². The Bertz CT molecular complexity index is 1750. The maximum absolute atomic E-state index is 13.0. The first-order chi connectivity index (χ1) is 21.8. The molecule has 0 radical (unpaired) electrons. The van der Waals surface area contributed by atoms with Gasteiger partial charge in [-0.05, 0) is 66.8 Å². The molecule has 0 bridgehead atoms. The number of alkyl halides is 3. The van der Waals surface area contributed by atoms with E-state index < -0.39 is 12.4 Å². The van der Waals surface area contributed by atoms with Gasteiger partial charge in [-0.3, -0.25) is 9.69 Å². The molecule has 0 spiro atoms. The van der Waals surface area contributed by atoms with E-state index in [0.717, 1.165) is 27.9 Å². The largest absolute Gasteiger partial charge is 0.573 e. The third-order valence-electron chi connectivity index (χ3n) is 7.63. The van der Waals surface area contributed by atoms with Crippen molar-refractivity contribution in [3.8, 4) is 22.8 Å². The molecular formula is C33H33F3N6O3S. The minimum Gasteiger partial charge on any atom is -0.406 e. The number of nitrogens with one attached hydrogen (secondary N) is 1. The number of amides is 3. The minimum atomic E-state index is -4.76. The molecule has 46 heavy (non-hydrogen) atoms. The first-order valence-electron chi connectivity index (χ1n) is 14.6. The molecule has 1 N–H and O–H groups in total. The first-order valence-corrected chi connectivity index (χ1v) is 15.6. The van der Waals surface area contributed by atoms with Crippen molar-refractivity contribution in [2.24, 2.45) is 4.99 Å². The van der Waals surface area contributed by atoms with E-state index in [4.69, 9.17) is 0 Å². The molecule has 0 aliphatic carbocycles. The molecule has 2 unspecified atom stereocenters. The van der Waals surface area contributed by atoms with Crippen molar-refractivity contribution in [2.75, 3.05) is 10.7 Å². The van der Waals surface area contributed by atoms with Crippen LogP contribution in [0.5, 0.6) is 5.75 Å². The van der Waals surface area contributed by atoms with Crippen LogP contribution in [-0.4, -0.2) is 50.0 Å². The third kappa shape index (κ3) is 7.58. The molecule has 3 amide bonds. The van der Waals surface area contributed by atoms with Crippen molar-refractivity contribution in [1.82, 2.24) is 20.1 Å². The number of thioether (sulfide) groups is 1. The highest BCUT2D eigenvalue weighted by atomic mass is 32.2. The topological polar surface area (TPSA) is 102 Å². The Kier molecular flexibility index (Phi) is 9.52. The maximum atomic E-state index is 13.0. The number of anilines is 1. The second kappa shape index (κ2) is 13.4. The lowest BCUT2D eigenvalue weighted by molar-refractivity contribution is -0.274. The standard InChI is InChI=1S/C33H33F3N6O3S/c1-19(2)27-15-6-20(3)16-28(27)42-29(43)17-46-32(42)39-31(44)38-22(5)21(4)23-7-9-24(10-8-23)30-37-18-41(40-30)25-11-13-26(14-12-25)45-33(34,35)36/h6-16,18-19,21-22H,17H2,1-5H3,(H,38,44)/b39-32-. The molecule has 3 aromatic carbocycles. The summed E-state index contributed by atoms with van der Waals surface area (Å²) in [4.78, 5) is 36.1. The molecule has 1 aromatic heterocycles. The van der Waals surface area contributed by atoms with Gasteiger partial charge in [0, 0.05) is 17.5 Å². The van der Waals surface area contributed by atoms with E-state index in [1.54, 1.807) is 4.90 Å². The van der Waals surface area contributed by atoms with Crippen molar-refractivity contribution in [1.29, 1.82) is 0 Å². The van der Waals surface area contributed by atoms with Crippen molar-refractivity contribution >= 4 is 34.6 Å². The van der Waals surface area contributed by atoms with Gasteiger partial charge in [0.15, 0.2) is 11.0 Å². The van der Waals surface area contributed by atoms with Crippen LogP contribution < -0.4 is 15.0 Å². The number of aromatic nitrogens is 3. The molecule has 0 saturated carbocycles. The summed E-state index contributed by atoms with van der Waals surface area (Å²) < 4.78 is 42.7. The van der Waals surface area contributed by atoms with Crippen molar-refractivity contribution < 1.29 is 27.5 Å². The molecule has 4 aromatic rings. The van der Waals surface area contributed by atoms with E-state index in [0.29, 0.717) is 16.7 Å². The summed E-state index contributed by atoms with van der Waals surface area (Å²) in [5.41, 5.74) is 5.02. The van der Waals surface area contributed by atoms with Crippen LogP contribution in [0.2, 0.25) is 0 Å². The van der Waals surface area contributed by atoms with Crippen molar-refractivity contribution in [3.63, 3.8) is 0 Å². The molecule has 1 fully saturated rings. The van der Waals surface area contributed by atoms with Gasteiger partial charge >= 0.3 is 12.4 Å². The predicted molar refractivity (Wildman–Crippen MR) is 173 cm³/mol. The third-order valence-corrected chi connectivity index (χ3v) is 8.56. The number of ether oxygens (including phenoxy) is 1. The molecule has 2 atom stereocenters. The van der Waals surface area contributed by atoms with Crippen LogP contribution in [0.25, 0.3) is 17.1 Å². The van der Waals surface area contributed by atoms with E-state index in [-0.39, 0.29) is 35.3 Å². The Labute approximate surface area is 268 Å². The van der Waals surface area contributed by atoms with E-state index in [9.17, 15) is 22.8 Å². The lowest BCUT2D eigenvalue weighted by Crippen LogP contribution is -2.36. The lowest BCUT2D eigenvalue weighted by atomic mass is 9.93. The van der Waals surface area contributed by atoms with Crippen LogP contribution in [-0.2, 0) is 4.79 Å². The number of urea groups is 1. The van der Waals surface area contributed by atoms with Gasteiger partial charge in [0.1, 0.15) is 12.1 Å². The van der Waals surface area contributed by atoms with E-state index in [1.807, 2.05) is 63.2 Å². The first kappa shape index (κ1) is 32.7. The number of aliphatic imine (C=N–C) groups is 1. The maximum Gasteiger partial charge on any atom is 0.573 e. The zero-order valence-electron chi connectivity index (χ0n) is 25.9. The normalized spacial score (nSPS) is 15.8. The lowest BCUT2D eigenvalue weighted by Gasteiger charge is -2.23. The van der Waals surface area contributed by atoms with Gasteiger partial charge in [-0.1, -0.05) is 68.9 Å². The number of halogens is 3. The van der Waals surface area contributed by atoms with Gasteiger partial charge in [0.05, 0.1) is 17.1 Å². The second-order valence-electron chi connectivity index (χ2n) is 11.3. The number of hydrogen-bond acceptors (Lipinski definition) is 6. The summed E-state index contributed by atoms with van der Waals surface area (Å²) in [5.74, 6) is 0.334. The smallest absolute Gasteiger partial charge is 0.406 e. The number of nitrogens with zero attached hydrogens (tertiary/aromatic N) is 5. The fraction of sp³-hybridized carbons (Fsp3) is 0.303. The summed E-state index contributed by atoms with van der Waals surface area (Å²) in [7, 11) is 0. The van der Waals surface area contributed by atoms with Gasteiger partial charge in [-0.25, -0.2) is 14.5 Å². The van der Waals surface area contributed by atoms with Gasteiger partial charge in [0.25, 0.3) is 0 Å². The molecule has 1 aliphatic heterocycles. The molecule has 2 heterocycles. The molecule has 240 valence electrons. The van der Waals surface area contributed by atoms with E-state index in [1.165, 1.54) is 47.0 Å². The van der Waals surface area contributed by atoms with Crippen LogP contribution >= 0.6 is 11.8 Å². The highest BCUT2D eigenvalue weighted by Gasteiger charge is 2.33. The molecule has 5 rings (SSSR count). The average molecular weight is 651 g/mol. The number of benzene rings is 3. The molecule has 13 heteroatoms. The van der Waals surface area contributed by atoms with Crippen LogP contribution in [0.1, 0.15) is 56.2 Å². The van der Waals surface area contributed by atoms with E-state index >= 15 is 0 Å². The second-order valence-corrected chi connectivity index (χ2v) is 12.3. The molecule has 9 nitrogen and oxygen atoms in total. The Morgan fingerprint density at radius 1 is 1.02 bits per heavy atom. The number of hydrogen-bond donors (Lipinski definition) is 1. The Morgan fingerprint density at radius 3 is 2.37 bits per heavy atom. The quantitative estimate of drug-likeness (QED) is 0.211. The Morgan fingerprint density at radius 2 is 1.72 bits per heavy atom. The van der Waals surface area contributed by atoms with Gasteiger partial charge < -0.3 is 10.1 Å². The van der Waals surface area contributed by atoms with Crippen LogP contribution in [0.3, 0.4) is 0 Å². The SMILES string of the molecule is Cc1ccc(C(C)C)c(N2C(=O)CS/C2=N\C(=O)NC(C)C(C)c2ccc(-c3ncn(-c4ccc(OC(F)(F)F)cc4)n3)cc2)c1. The van der Waals surface area contributed by atoms with Crippen LogP contribution in [0.15, 0.2) is 78.0 Å². The van der Waals surface area contributed by atoms with Crippen LogP contribution in [0, 0.1) is 6.92 Å². The van der Waals surface area contributed by atoms with Crippen molar-refractivity contribution in [3.05, 3.63) is 89.7 Å². The summed E-state index contributed by atoms with van der Waals surface area (Å²) in [5, 5.41) is 7.75. The fourth-order valence-corrected chi connectivity index (χ4v) is 5.86. The highest BCUT2D eigenvalue weighted by Crippen LogP contribution is 2.34. The predicted octanol–water partition coefficient (Wildman–Crippen LogP) is 7.60.